The Bertz CT molecular complexity index is 676. The van der Waals surface area contributed by atoms with Crippen LogP contribution in [0.1, 0.15) is 212 Å². The zero-order valence-corrected chi connectivity index (χ0v) is 36.0. The summed E-state index contributed by atoms with van der Waals surface area (Å²) in [7, 11) is 0. The number of aliphatic carboxylic acids is 4. The monoisotopic (exact) mass is 786 g/mol. The van der Waals surface area contributed by atoms with Gasteiger partial charge in [0.25, 0.3) is 0 Å². The Morgan fingerprint density at radius 1 is 0.306 bits per heavy atom. The van der Waals surface area contributed by atoms with Gasteiger partial charge in [-0.05, 0) is 73.0 Å². The molecule has 0 aliphatic heterocycles. The van der Waals surface area contributed by atoms with E-state index in [0.717, 1.165) is 77.0 Å². The van der Waals surface area contributed by atoms with E-state index < -0.39 is 23.9 Å². The van der Waals surface area contributed by atoms with Crippen LogP contribution in [0.4, 0.5) is 0 Å². The Labute approximate surface area is 316 Å². The summed E-state index contributed by atoms with van der Waals surface area (Å²) >= 11 is 0. The van der Waals surface area contributed by atoms with E-state index in [0.29, 0.717) is 47.3 Å². The average Bonchev–Trinajstić information content (AvgIpc) is 2.85. The van der Waals surface area contributed by atoms with E-state index in [1.54, 1.807) is 0 Å². The van der Waals surface area contributed by atoms with Crippen LogP contribution in [0.25, 0.3) is 0 Å². The first-order valence-electron chi connectivity index (χ1n) is 18.5. The van der Waals surface area contributed by atoms with Crippen molar-refractivity contribution in [2.45, 2.75) is 212 Å². The molecule has 0 aromatic heterocycles. The smallest absolute Gasteiger partial charge is 0.303 e. The Kier molecular flexibility index (Phi) is 37.7. The third-order valence-electron chi connectivity index (χ3n) is 7.27. The van der Waals surface area contributed by atoms with Crippen LogP contribution >= 0.6 is 0 Å². The largest absolute Gasteiger partial charge is 0.481 e. The van der Waals surface area contributed by atoms with Gasteiger partial charge in [0, 0.05) is 46.7 Å². The first kappa shape index (κ1) is 56.9. The Morgan fingerprint density at radius 2 is 0.449 bits per heavy atom. The van der Waals surface area contributed by atoms with Crippen molar-refractivity contribution in [1.29, 1.82) is 0 Å². The molecule has 294 valence electrons. The van der Waals surface area contributed by atoms with Crippen molar-refractivity contribution < 1.29 is 60.7 Å². The van der Waals surface area contributed by atoms with Crippen LogP contribution in [0.15, 0.2) is 0 Å². The summed E-state index contributed by atoms with van der Waals surface area (Å²) in [6.07, 6.45) is 18.1. The second kappa shape index (κ2) is 32.5. The van der Waals surface area contributed by atoms with Crippen molar-refractivity contribution in [3.05, 3.63) is 0 Å². The molecule has 0 fully saturated rings. The number of hydrogen-bond acceptors (Lipinski definition) is 4. The standard InChI is InChI=1S/4C10H20O2.Mo/c4*1-10(2,3)8-6-4-5-7-9(11)12;/h4*4-8H2,1-3H3,(H,11,12);. The van der Waals surface area contributed by atoms with Gasteiger partial charge in [0.1, 0.15) is 0 Å². The normalized spacial score (nSPS) is 11.3. The van der Waals surface area contributed by atoms with Gasteiger partial charge in [-0.2, -0.15) is 0 Å². The van der Waals surface area contributed by atoms with Crippen molar-refractivity contribution in [2.75, 3.05) is 0 Å². The second-order valence-electron chi connectivity index (χ2n) is 18.1. The van der Waals surface area contributed by atoms with Crippen molar-refractivity contribution in [3.8, 4) is 0 Å². The zero-order valence-electron chi connectivity index (χ0n) is 34.0. The summed E-state index contributed by atoms with van der Waals surface area (Å²) in [6, 6.07) is 0. The fourth-order valence-corrected chi connectivity index (χ4v) is 4.43. The predicted octanol–water partition coefficient (Wildman–Crippen LogP) is 12.3. The van der Waals surface area contributed by atoms with E-state index in [1.165, 1.54) is 25.7 Å². The van der Waals surface area contributed by atoms with E-state index in [1.807, 2.05) is 0 Å². The van der Waals surface area contributed by atoms with Gasteiger partial charge >= 0.3 is 23.9 Å². The maximum absolute atomic E-state index is 10.2. The number of carbonyl (C=O) groups is 4. The number of unbranched alkanes of at least 4 members (excludes halogenated alkanes) is 8. The molecule has 0 aliphatic carbocycles. The first-order valence-corrected chi connectivity index (χ1v) is 18.5. The number of hydrogen-bond donors (Lipinski definition) is 4. The predicted molar refractivity (Wildman–Crippen MR) is 201 cm³/mol. The van der Waals surface area contributed by atoms with Gasteiger partial charge in [0.15, 0.2) is 0 Å². The van der Waals surface area contributed by atoms with Crippen LogP contribution in [0.2, 0.25) is 0 Å². The van der Waals surface area contributed by atoms with Gasteiger partial charge in [-0.15, -0.1) is 0 Å². The molecule has 0 unspecified atom stereocenters. The fraction of sp³-hybridized carbons (Fsp3) is 0.900. The van der Waals surface area contributed by atoms with Crippen molar-refractivity contribution in [3.63, 3.8) is 0 Å². The first-order chi connectivity index (χ1) is 21.7. The van der Waals surface area contributed by atoms with Crippen LogP contribution in [0.5, 0.6) is 0 Å². The molecule has 0 aromatic rings. The van der Waals surface area contributed by atoms with E-state index >= 15 is 0 Å². The molecule has 0 amide bonds. The van der Waals surface area contributed by atoms with Gasteiger partial charge in [-0.3, -0.25) is 19.2 Å². The van der Waals surface area contributed by atoms with E-state index in [-0.39, 0.29) is 21.1 Å². The molecule has 0 heterocycles. The topological polar surface area (TPSA) is 149 Å². The minimum atomic E-state index is -0.675. The molecular weight excluding hydrogens is 704 g/mol. The van der Waals surface area contributed by atoms with Crippen LogP contribution in [-0.2, 0) is 40.2 Å². The SMILES string of the molecule is CC(C)(C)CCCCCC(=O)O.CC(C)(C)CCCCCC(=O)O.CC(C)(C)CCCCCC(=O)O.CC(C)(C)CCCCCC(=O)O.[Mo]. The van der Waals surface area contributed by atoms with Crippen molar-refractivity contribution in [2.24, 2.45) is 21.7 Å². The van der Waals surface area contributed by atoms with E-state index in [2.05, 4.69) is 83.1 Å². The third-order valence-corrected chi connectivity index (χ3v) is 7.27. The van der Waals surface area contributed by atoms with Gasteiger partial charge in [0.2, 0.25) is 0 Å². The summed E-state index contributed by atoms with van der Waals surface area (Å²) in [5.41, 5.74) is 1.57. The number of carboxylic acid groups (broad SMARTS) is 4. The summed E-state index contributed by atoms with van der Waals surface area (Å²) in [6.45, 7) is 26.5. The number of carboxylic acids is 4. The maximum Gasteiger partial charge on any atom is 0.303 e. The molecule has 4 N–H and O–H groups in total. The van der Waals surface area contributed by atoms with Crippen molar-refractivity contribution in [1.82, 2.24) is 0 Å². The molecule has 0 saturated carbocycles. The molecule has 0 aromatic carbocycles. The van der Waals surface area contributed by atoms with Crippen LogP contribution in [0, 0.1) is 21.7 Å². The summed E-state index contributed by atoms with van der Waals surface area (Å²) in [5, 5.41) is 33.5. The summed E-state index contributed by atoms with van der Waals surface area (Å²) < 4.78 is 0. The Morgan fingerprint density at radius 3 is 0.551 bits per heavy atom. The minimum Gasteiger partial charge on any atom is -0.481 e. The molecule has 0 aliphatic rings. The maximum atomic E-state index is 10.2. The summed E-state index contributed by atoms with van der Waals surface area (Å²) in [4.78, 5) is 40.6. The Hall–Kier alpha value is -1.43. The molecule has 49 heavy (non-hydrogen) atoms. The molecule has 0 saturated heterocycles. The van der Waals surface area contributed by atoms with Crippen LogP contribution in [0.3, 0.4) is 0 Å². The summed E-state index contributed by atoms with van der Waals surface area (Å²) in [5.74, 6) is -2.70. The van der Waals surface area contributed by atoms with Crippen LogP contribution in [-0.4, -0.2) is 44.3 Å². The van der Waals surface area contributed by atoms with Gasteiger partial charge < -0.3 is 20.4 Å². The van der Waals surface area contributed by atoms with E-state index in [9.17, 15) is 19.2 Å². The van der Waals surface area contributed by atoms with E-state index in [4.69, 9.17) is 20.4 Å². The molecule has 0 spiro atoms. The van der Waals surface area contributed by atoms with Gasteiger partial charge in [0.05, 0.1) is 0 Å². The van der Waals surface area contributed by atoms with Crippen LogP contribution < -0.4 is 0 Å². The molecule has 0 radical (unpaired) electrons. The molecule has 0 rings (SSSR count). The average molecular weight is 785 g/mol. The van der Waals surface area contributed by atoms with Gasteiger partial charge in [-0.1, -0.05) is 134 Å². The molecule has 8 nitrogen and oxygen atoms in total. The molecule has 0 atom stereocenters. The minimum absolute atomic E-state index is 0. The van der Waals surface area contributed by atoms with Crippen molar-refractivity contribution >= 4 is 23.9 Å². The van der Waals surface area contributed by atoms with Gasteiger partial charge in [-0.25, -0.2) is 0 Å². The zero-order chi connectivity index (χ0) is 38.5. The quantitative estimate of drug-likeness (QED) is 0.0704. The second-order valence-corrected chi connectivity index (χ2v) is 18.1. The molecule has 9 heteroatoms. The molecule has 0 bridgehead atoms. The fourth-order valence-electron chi connectivity index (χ4n) is 4.43. The third kappa shape index (κ3) is 77.4. The Balaban J connectivity index is -0.000000174. The number of rotatable bonds is 20. The molecular formula is C40H80MoO8.